The number of allylic oxidation sites excluding steroid dienone is 1. The Morgan fingerprint density at radius 2 is 2.00 bits per heavy atom. The van der Waals surface area contributed by atoms with E-state index in [4.69, 9.17) is 0 Å². The Morgan fingerprint density at radius 3 is 2.60 bits per heavy atom. The van der Waals surface area contributed by atoms with E-state index in [2.05, 4.69) is 43.2 Å². The van der Waals surface area contributed by atoms with Crippen molar-refractivity contribution >= 4 is 27.3 Å². The van der Waals surface area contributed by atoms with Crippen molar-refractivity contribution in [2.24, 2.45) is 0 Å². The molecule has 0 aliphatic heterocycles. The fourth-order valence-corrected chi connectivity index (χ4v) is 2.91. The van der Waals surface area contributed by atoms with Gasteiger partial charge in [0, 0.05) is 19.9 Å². The van der Waals surface area contributed by atoms with Gasteiger partial charge in [0.2, 0.25) is 10.5 Å². The van der Waals surface area contributed by atoms with Gasteiger partial charge < -0.3 is 17.0 Å². The Balaban J connectivity index is 0.00000112. The zero-order chi connectivity index (χ0) is 10.3. The highest BCUT2D eigenvalue weighted by atomic mass is 79.9. The smallest absolute Gasteiger partial charge is 0.240 e. The normalized spacial score (nSPS) is 10.1. The summed E-state index contributed by atoms with van der Waals surface area (Å²) in [5, 5.41) is 1.29. The molecule has 0 saturated carbocycles. The first kappa shape index (κ1) is 12.4. The maximum atomic E-state index is 4.00. The molecule has 80 valence electrons. The van der Waals surface area contributed by atoms with Crippen molar-refractivity contribution in [3.8, 4) is 0 Å². The van der Waals surface area contributed by atoms with Gasteiger partial charge in [0.25, 0.3) is 0 Å². The second-order valence-electron chi connectivity index (χ2n) is 3.66. The highest BCUT2D eigenvalue weighted by Gasteiger charge is 2.17. The van der Waals surface area contributed by atoms with Gasteiger partial charge in [0.1, 0.15) is 4.70 Å². The van der Waals surface area contributed by atoms with Crippen molar-refractivity contribution < 1.29 is 21.5 Å². The number of rotatable bonds is 1. The average molecular weight is 284 g/mol. The van der Waals surface area contributed by atoms with Gasteiger partial charge in [-0.15, -0.1) is 0 Å². The van der Waals surface area contributed by atoms with E-state index in [1.807, 2.05) is 18.3 Å². The molecule has 0 aliphatic rings. The van der Waals surface area contributed by atoms with Crippen LogP contribution in [0.1, 0.15) is 17.5 Å². The van der Waals surface area contributed by atoms with E-state index >= 15 is 0 Å². The molecular weight excluding hydrogens is 270 g/mol. The van der Waals surface area contributed by atoms with E-state index in [-0.39, 0.29) is 17.0 Å². The van der Waals surface area contributed by atoms with Gasteiger partial charge in [0.05, 0.1) is 0 Å². The summed E-state index contributed by atoms with van der Waals surface area (Å²) in [6.07, 6.45) is 0. The minimum absolute atomic E-state index is 0. The molecule has 2 aromatic rings. The zero-order valence-electron chi connectivity index (χ0n) is 9.17. The van der Waals surface area contributed by atoms with E-state index in [9.17, 15) is 0 Å². The van der Waals surface area contributed by atoms with Crippen molar-refractivity contribution in [2.45, 2.75) is 20.8 Å². The van der Waals surface area contributed by atoms with Crippen LogP contribution < -0.4 is 21.5 Å². The Kier molecular flexibility index (Phi) is 3.68. The van der Waals surface area contributed by atoms with Crippen LogP contribution in [-0.4, -0.2) is 0 Å². The van der Waals surface area contributed by atoms with Gasteiger partial charge >= 0.3 is 0 Å². The molecule has 0 bridgehead atoms. The van der Waals surface area contributed by atoms with Crippen LogP contribution in [0.4, 0.5) is 0 Å². The van der Waals surface area contributed by atoms with Gasteiger partial charge in [0.15, 0.2) is 5.70 Å². The molecule has 0 atom stereocenters. The molecule has 2 rings (SSSR count). The average Bonchev–Trinajstić information content (AvgIpc) is 2.39. The molecule has 15 heavy (non-hydrogen) atoms. The van der Waals surface area contributed by atoms with Crippen LogP contribution in [0.15, 0.2) is 24.8 Å². The van der Waals surface area contributed by atoms with E-state index in [0.29, 0.717) is 0 Å². The summed E-state index contributed by atoms with van der Waals surface area (Å²) >= 11 is 1.82. The number of aryl methyl sites for hydroxylation is 2. The minimum atomic E-state index is 0. The topological polar surface area (TPSA) is 3.88 Å². The highest BCUT2D eigenvalue weighted by molar-refractivity contribution is 7.18. The summed E-state index contributed by atoms with van der Waals surface area (Å²) in [7, 11) is 0. The summed E-state index contributed by atoms with van der Waals surface area (Å²) in [5.41, 5.74) is 3.66. The summed E-state index contributed by atoms with van der Waals surface area (Å²) in [5.74, 6) is 0. The number of halogens is 1. The highest BCUT2D eigenvalue weighted by Crippen LogP contribution is 2.22. The van der Waals surface area contributed by atoms with Gasteiger partial charge in [-0.25, -0.2) is 0 Å². The molecule has 0 N–H and O–H groups in total. The Labute approximate surface area is 105 Å². The van der Waals surface area contributed by atoms with Gasteiger partial charge in [-0.2, -0.15) is 4.57 Å². The van der Waals surface area contributed by atoms with E-state index < -0.39 is 0 Å². The lowest BCUT2D eigenvalue weighted by Gasteiger charge is -1.93. The van der Waals surface area contributed by atoms with Crippen molar-refractivity contribution in [2.75, 3.05) is 0 Å². The SMILES string of the molecule is C=C(C)[n+]1c(C)sc2cc(C)ccc21.[Br-]. The molecule has 1 aromatic carbocycles. The maximum absolute atomic E-state index is 4.00. The second-order valence-corrected chi connectivity index (χ2v) is 4.90. The second kappa shape index (κ2) is 4.45. The lowest BCUT2D eigenvalue weighted by atomic mass is 10.2. The lowest BCUT2D eigenvalue weighted by Crippen LogP contribution is -3.00. The first-order valence-electron chi connectivity index (χ1n) is 4.67. The van der Waals surface area contributed by atoms with Crippen molar-refractivity contribution in [3.05, 3.63) is 35.3 Å². The minimum Gasteiger partial charge on any atom is -1.00 e. The van der Waals surface area contributed by atoms with Crippen molar-refractivity contribution in [3.63, 3.8) is 0 Å². The summed E-state index contributed by atoms with van der Waals surface area (Å²) in [6.45, 7) is 10.3. The molecule has 3 heteroatoms. The Bertz CT molecular complexity index is 514. The predicted octanol–water partition coefficient (Wildman–Crippen LogP) is 0.300. The fourth-order valence-electron chi connectivity index (χ4n) is 1.74. The van der Waals surface area contributed by atoms with Crippen LogP contribution in [-0.2, 0) is 0 Å². The predicted molar refractivity (Wildman–Crippen MR) is 62.5 cm³/mol. The number of fused-ring (bicyclic) bond motifs is 1. The molecule has 0 radical (unpaired) electrons. The third-order valence-electron chi connectivity index (χ3n) is 2.31. The monoisotopic (exact) mass is 283 g/mol. The maximum Gasteiger partial charge on any atom is 0.240 e. The van der Waals surface area contributed by atoms with Crippen LogP contribution in [0.25, 0.3) is 15.9 Å². The van der Waals surface area contributed by atoms with Crippen LogP contribution in [0.2, 0.25) is 0 Å². The molecule has 0 spiro atoms. The Hall–Kier alpha value is -0.670. The number of nitrogens with zero attached hydrogens (tertiary/aromatic N) is 1. The zero-order valence-corrected chi connectivity index (χ0v) is 11.6. The van der Waals surface area contributed by atoms with Crippen molar-refractivity contribution in [1.29, 1.82) is 0 Å². The largest absolute Gasteiger partial charge is 1.00 e. The molecule has 0 saturated heterocycles. The van der Waals surface area contributed by atoms with Crippen LogP contribution in [0, 0.1) is 13.8 Å². The third-order valence-corrected chi connectivity index (χ3v) is 3.34. The van der Waals surface area contributed by atoms with Gasteiger partial charge in [-0.1, -0.05) is 17.4 Å². The molecule has 0 unspecified atom stereocenters. The molecule has 0 fully saturated rings. The van der Waals surface area contributed by atoms with Crippen LogP contribution in [0.5, 0.6) is 0 Å². The quantitative estimate of drug-likeness (QED) is 0.663. The lowest BCUT2D eigenvalue weighted by molar-refractivity contribution is -0.554. The number of hydrogen-bond acceptors (Lipinski definition) is 1. The molecular formula is C12H14BrNS. The summed E-state index contributed by atoms with van der Waals surface area (Å²) in [4.78, 5) is 0. The number of thiazole rings is 1. The molecule has 1 nitrogen and oxygen atoms in total. The van der Waals surface area contributed by atoms with Crippen LogP contribution >= 0.6 is 11.3 Å². The van der Waals surface area contributed by atoms with E-state index in [1.54, 1.807) is 0 Å². The van der Waals surface area contributed by atoms with Crippen LogP contribution in [0.3, 0.4) is 0 Å². The molecule has 1 heterocycles. The standard InChI is InChI=1S/C12H14NS.BrH/c1-8(2)13-10(4)14-12-7-9(3)5-6-11(12)13;/h5-7H,1H2,2-4H3;1H/q+1;/p-1. The Morgan fingerprint density at radius 1 is 1.33 bits per heavy atom. The fraction of sp³-hybridized carbons (Fsp3) is 0.250. The summed E-state index contributed by atoms with van der Waals surface area (Å²) in [6, 6.07) is 6.54. The molecule has 0 amide bonds. The van der Waals surface area contributed by atoms with Crippen molar-refractivity contribution in [1.82, 2.24) is 0 Å². The number of benzene rings is 1. The summed E-state index contributed by atoms with van der Waals surface area (Å²) < 4.78 is 3.55. The molecule has 1 aromatic heterocycles. The van der Waals surface area contributed by atoms with Gasteiger partial charge in [-0.05, 0) is 25.1 Å². The number of aromatic nitrogens is 1. The van der Waals surface area contributed by atoms with Gasteiger partial charge in [-0.3, -0.25) is 0 Å². The van der Waals surface area contributed by atoms with E-state index in [1.165, 1.54) is 20.8 Å². The first-order valence-corrected chi connectivity index (χ1v) is 5.49. The first-order chi connectivity index (χ1) is 6.59. The third kappa shape index (κ3) is 2.13. The van der Waals surface area contributed by atoms with E-state index in [0.717, 1.165) is 5.70 Å². The molecule has 0 aliphatic carbocycles. The number of hydrogen-bond donors (Lipinski definition) is 0.